The zero-order valence-electron chi connectivity index (χ0n) is 13.9. The van der Waals surface area contributed by atoms with E-state index < -0.39 is 22.1 Å². The fourth-order valence-corrected chi connectivity index (χ4v) is 3.57. The maximum absolute atomic E-state index is 12.3. The Morgan fingerprint density at radius 3 is 2.46 bits per heavy atom. The second-order valence-corrected chi connectivity index (χ2v) is 7.11. The molecule has 26 heavy (non-hydrogen) atoms. The van der Waals surface area contributed by atoms with E-state index in [-0.39, 0.29) is 17.7 Å². The molecule has 3 aromatic rings. The van der Waals surface area contributed by atoms with E-state index >= 15 is 0 Å². The number of fused-ring (bicyclic) bond motifs is 1. The second kappa shape index (κ2) is 6.96. The van der Waals surface area contributed by atoms with Gasteiger partial charge < -0.3 is 10.1 Å². The number of aromatic nitrogens is 4. The molecule has 0 amide bonds. The van der Waals surface area contributed by atoms with Crippen molar-refractivity contribution in [2.24, 2.45) is 14.1 Å². The fourth-order valence-electron chi connectivity index (χ4n) is 2.61. The molecule has 0 atom stereocenters. The average molecular weight is 396 g/mol. The SMILES string of the molecule is Cn1c(=O)c2nc([N+](=O)[O-])n(CCSc3ccc(Cl)cc3)c2n(C)c1=O. The van der Waals surface area contributed by atoms with Crippen LogP contribution in [-0.4, -0.2) is 29.4 Å². The van der Waals surface area contributed by atoms with Crippen LogP contribution in [-0.2, 0) is 20.6 Å². The number of rotatable bonds is 5. The summed E-state index contributed by atoms with van der Waals surface area (Å²) >= 11 is 7.32. The van der Waals surface area contributed by atoms with E-state index in [9.17, 15) is 19.7 Å². The number of thioether (sulfide) groups is 1. The lowest BCUT2D eigenvalue weighted by molar-refractivity contribution is -0.396. The zero-order valence-corrected chi connectivity index (χ0v) is 15.5. The third kappa shape index (κ3) is 3.13. The third-order valence-electron chi connectivity index (χ3n) is 3.88. The average Bonchev–Trinajstić information content (AvgIpc) is 3.00. The molecular formula is C15H14ClN5O4S. The summed E-state index contributed by atoms with van der Waals surface area (Å²) in [5.74, 6) is 0.0205. The van der Waals surface area contributed by atoms with Crippen LogP contribution in [0.5, 0.6) is 0 Å². The summed E-state index contributed by atoms with van der Waals surface area (Å²) in [6.45, 7) is 0.209. The summed E-state index contributed by atoms with van der Waals surface area (Å²) in [5, 5.41) is 12.0. The molecule has 0 fully saturated rings. The van der Waals surface area contributed by atoms with E-state index in [4.69, 9.17) is 11.6 Å². The van der Waals surface area contributed by atoms with Crippen molar-refractivity contribution >= 4 is 40.5 Å². The van der Waals surface area contributed by atoms with Gasteiger partial charge in [0.15, 0.2) is 0 Å². The Bertz CT molecular complexity index is 1120. The number of benzene rings is 1. The van der Waals surface area contributed by atoms with Crippen molar-refractivity contribution in [1.29, 1.82) is 0 Å². The summed E-state index contributed by atoms with van der Waals surface area (Å²) in [7, 11) is 2.77. The Balaban J connectivity index is 2.02. The molecule has 0 aliphatic carbocycles. The largest absolute Gasteiger partial charge is 0.437 e. The topological polar surface area (TPSA) is 105 Å². The molecule has 0 aliphatic rings. The summed E-state index contributed by atoms with van der Waals surface area (Å²) in [4.78, 5) is 39.9. The van der Waals surface area contributed by atoms with Crippen LogP contribution in [0.15, 0.2) is 38.8 Å². The standard InChI is InChI=1S/C15H14ClN5O4S/c1-18-12-11(13(22)19(2)15(18)23)17-14(21(24)25)20(12)7-8-26-10-5-3-9(16)4-6-10/h3-6H,7-8H2,1-2H3. The number of imidazole rings is 1. The fraction of sp³-hybridized carbons (Fsp3) is 0.267. The number of nitrogens with zero attached hydrogens (tertiary/aromatic N) is 5. The van der Waals surface area contributed by atoms with Crippen molar-refractivity contribution in [1.82, 2.24) is 18.7 Å². The molecule has 0 unspecified atom stereocenters. The highest BCUT2D eigenvalue weighted by atomic mass is 35.5. The van der Waals surface area contributed by atoms with Gasteiger partial charge in [-0.15, -0.1) is 11.8 Å². The van der Waals surface area contributed by atoms with Crippen LogP contribution in [0.25, 0.3) is 11.2 Å². The molecule has 9 nitrogen and oxygen atoms in total. The summed E-state index contributed by atoms with van der Waals surface area (Å²) in [6, 6.07) is 7.20. The Morgan fingerprint density at radius 1 is 1.19 bits per heavy atom. The highest BCUT2D eigenvalue weighted by Crippen LogP contribution is 2.23. The number of aryl methyl sites for hydroxylation is 2. The van der Waals surface area contributed by atoms with E-state index in [1.807, 2.05) is 12.1 Å². The normalized spacial score (nSPS) is 11.2. The highest BCUT2D eigenvalue weighted by molar-refractivity contribution is 7.99. The molecule has 11 heteroatoms. The van der Waals surface area contributed by atoms with Gasteiger partial charge in [-0.3, -0.25) is 13.9 Å². The lowest BCUT2D eigenvalue weighted by atomic mass is 10.4. The molecular weight excluding hydrogens is 382 g/mol. The van der Waals surface area contributed by atoms with E-state index in [0.29, 0.717) is 10.8 Å². The first-order valence-corrected chi connectivity index (χ1v) is 8.86. The van der Waals surface area contributed by atoms with Crippen molar-refractivity contribution in [2.45, 2.75) is 11.4 Å². The van der Waals surface area contributed by atoms with Crippen molar-refractivity contribution in [3.63, 3.8) is 0 Å². The molecule has 2 aromatic heterocycles. The number of hydrogen-bond donors (Lipinski definition) is 0. The number of halogens is 1. The van der Waals surface area contributed by atoms with E-state index in [1.165, 1.54) is 35.0 Å². The van der Waals surface area contributed by atoms with Gasteiger partial charge in [-0.25, -0.2) is 9.36 Å². The van der Waals surface area contributed by atoms with Gasteiger partial charge >= 0.3 is 17.2 Å². The quantitative estimate of drug-likeness (QED) is 0.370. The Hall–Kier alpha value is -2.59. The number of nitro groups is 1. The van der Waals surface area contributed by atoms with Crippen LogP contribution in [0.2, 0.25) is 5.02 Å². The van der Waals surface area contributed by atoms with Crippen molar-refractivity contribution in [3.8, 4) is 0 Å². The maximum Gasteiger partial charge on any atom is 0.437 e. The maximum atomic E-state index is 12.3. The minimum Gasteiger partial charge on any atom is -0.390 e. The lowest BCUT2D eigenvalue weighted by Crippen LogP contribution is -2.37. The Labute approximate surface area is 156 Å². The minimum absolute atomic E-state index is 0.0993. The molecule has 0 bridgehead atoms. The predicted octanol–water partition coefficient (Wildman–Crippen LogP) is 1.79. The van der Waals surface area contributed by atoms with Crippen LogP contribution < -0.4 is 11.2 Å². The summed E-state index contributed by atoms with van der Waals surface area (Å²) in [6.07, 6.45) is 0. The summed E-state index contributed by atoms with van der Waals surface area (Å²) in [5.41, 5.74) is -1.18. The first-order chi connectivity index (χ1) is 12.3. The van der Waals surface area contributed by atoms with E-state index in [0.717, 1.165) is 9.46 Å². The molecule has 3 rings (SSSR count). The number of hydrogen-bond acceptors (Lipinski definition) is 6. The second-order valence-electron chi connectivity index (χ2n) is 5.50. The smallest absolute Gasteiger partial charge is 0.390 e. The Kier molecular flexibility index (Phi) is 4.88. The molecule has 0 saturated heterocycles. The van der Waals surface area contributed by atoms with Gasteiger partial charge in [0, 0.05) is 29.8 Å². The van der Waals surface area contributed by atoms with Gasteiger partial charge in [0.1, 0.15) is 0 Å². The molecule has 136 valence electrons. The van der Waals surface area contributed by atoms with E-state index in [1.54, 1.807) is 12.1 Å². The molecule has 0 radical (unpaired) electrons. The van der Waals surface area contributed by atoms with Gasteiger partial charge in [-0.2, -0.15) is 0 Å². The molecule has 0 N–H and O–H groups in total. The highest BCUT2D eigenvalue weighted by Gasteiger charge is 2.27. The molecule has 1 aromatic carbocycles. The van der Waals surface area contributed by atoms with Gasteiger partial charge in [0.05, 0.1) is 6.54 Å². The van der Waals surface area contributed by atoms with Gasteiger partial charge in [0.2, 0.25) is 5.65 Å². The van der Waals surface area contributed by atoms with Crippen LogP contribution in [0.3, 0.4) is 0 Å². The first kappa shape index (κ1) is 18.2. The molecule has 0 spiro atoms. The van der Waals surface area contributed by atoms with Crippen LogP contribution in [0.4, 0.5) is 5.95 Å². The van der Waals surface area contributed by atoms with Gasteiger partial charge in [-0.05, 0) is 29.2 Å². The predicted molar refractivity (Wildman–Crippen MR) is 99.0 cm³/mol. The lowest BCUT2D eigenvalue weighted by Gasteiger charge is -2.06. The van der Waals surface area contributed by atoms with Crippen LogP contribution >= 0.6 is 23.4 Å². The van der Waals surface area contributed by atoms with Crippen molar-refractivity contribution < 1.29 is 4.92 Å². The monoisotopic (exact) mass is 395 g/mol. The van der Waals surface area contributed by atoms with Crippen LogP contribution in [0.1, 0.15) is 0 Å². The molecule has 2 heterocycles. The minimum atomic E-state index is -0.657. The zero-order chi connectivity index (χ0) is 19.0. The van der Waals surface area contributed by atoms with Crippen molar-refractivity contribution in [3.05, 3.63) is 60.2 Å². The third-order valence-corrected chi connectivity index (χ3v) is 5.12. The van der Waals surface area contributed by atoms with E-state index in [2.05, 4.69) is 4.98 Å². The first-order valence-electron chi connectivity index (χ1n) is 7.50. The van der Waals surface area contributed by atoms with Crippen molar-refractivity contribution in [2.75, 3.05) is 5.75 Å². The molecule has 0 saturated carbocycles. The summed E-state index contributed by atoms with van der Waals surface area (Å²) < 4.78 is 3.37. The Morgan fingerprint density at radius 2 is 1.85 bits per heavy atom. The van der Waals surface area contributed by atoms with Crippen LogP contribution in [0, 0.1) is 10.1 Å². The van der Waals surface area contributed by atoms with Gasteiger partial charge in [-0.1, -0.05) is 16.6 Å². The van der Waals surface area contributed by atoms with Gasteiger partial charge in [0.25, 0.3) is 5.52 Å². The molecule has 0 aliphatic heterocycles.